The zero-order valence-corrected chi connectivity index (χ0v) is 11.9. The summed E-state index contributed by atoms with van der Waals surface area (Å²) in [6.07, 6.45) is 3.56. The summed E-state index contributed by atoms with van der Waals surface area (Å²) in [4.78, 5) is 0. The quantitative estimate of drug-likeness (QED) is 0.816. The molecule has 1 aromatic rings. The average molecular weight is 254 g/mol. The molecule has 0 saturated carbocycles. The first kappa shape index (κ1) is 14.5. The van der Waals surface area contributed by atoms with Gasteiger partial charge in [-0.2, -0.15) is 0 Å². The van der Waals surface area contributed by atoms with Gasteiger partial charge in [0.1, 0.15) is 0 Å². The van der Waals surface area contributed by atoms with Crippen LogP contribution in [0.3, 0.4) is 0 Å². The van der Waals surface area contributed by atoms with E-state index in [0.717, 1.165) is 11.4 Å². The second kappa shape index (κ2) is 6.42. The molecular weight excluding hydrogens is 230 g/mol. The highest BCUT2D eigenvalue weighted by Gasteiger charge is 2.15. The zero-order chi connectivity index (χ0) is 12.9. The first-order valence-electron chi connectivity index (χ1n) is 6.38. The molecule has 0 aliphatic rings. The van der Waals surface area contributed by atoms with E-state index in [-0.39, 0.29) is 0 Å². The van der Waals surface area contributed by atoms with Crippen molar-refractivity contribution in [2.75, 3.05) is 6.54 Å². The van der Waals surface area contributed by atoms with Gasteiger partial charge in [0.25, 0.3) is 0 Å². The van der Waals surface area contributed by atoms with Gasteiger partial charge >= 0.3 is 0 Å². The third-order valence-corrected chi connectivity index (χ3v) is 3.45. The van der Waals surface area contributed by atoms with E-state index in [9.17, 15) is 0 Å². The Balaban J connectivity index is 2.58. The van der Waals surface area contributed by atoms with Gasteiger partial charge < -0.3 is 5.73 Å². The first-order valence-corrected chi connectivity index (χ1v) is 6.76. The lowest BCUT2D eigenvalue weighted by molar-refractivity contribution is 0.353. The van der Waals surface area contributed by atoms with Crippen molar-refractivity contribution in [1.29, 1.82) is 0 Å². The van der Waals surface area contributed by atoms with Crippen LogP contribution in [0.5, 0.6) is 0 Å². The lowest BCUT2D eigenvalue weighted by atomic mass is 9.86. The Bertz CT molecular complexity index is 341. The maximum Gasteiger partial charge on any atom is 0.0441 e. The smallest absolute Gasteiger partial charge is 0.0441 e. The van der Waals surface area contributed by atoms with Crippen molar-refractivity contribution in [2.45, 2.75) is 46.0 Å². The van der Waals surface area contributed by atoms with Crippen molar-refractivity contribution in [2.24, 2.45) is 11.1 Å². The molecule has 17 heavy (non-hydrogen) atoms. The Morgan fingerprint density at radius 2 is 1.88 bits per heavy atom. The van der Waals surface area contributed by atoms with E-state index in [2.05, 4.69) is 26.8 Å². The molecule has 1 atom stereocenters. The third-order valence-electron chi connectivity index (χ3n) is 3.11. The Hall–Kier alpha value is -0.530. The van der Waals surface area contributed by atoms with Gasteiger partial charge in [0.15, 0.2) is 0 Å². The standard InChI is InChI=1S/C15H24ClN/c1-15(2,3)10-6-7-12(11-17)13-8-4-5-9-14(13)16/h4-5,8-9,12H,6-7,10-11,17H2,1-3H3. The maximum absolute atomic E-state index is 6.21. The molecule has 2 N–H and O–H groups in total. The minimum Gasteiger partial charge on any atom is -0.330 e. The summed E-state index contributed by atoms with van der Waals surface area (Å²) >= 11 is 6.21. The van der Waals surface area contributed by atoms with Crippen molar-refractivity contribution >= 4 is 11.6 Å². The molecule has 0 amide bonds. The minimum absolute atomic E-state index is 0.394. The molecule has 0 heterocycles. The predicted octanol–water partition coefficient (Wildman–Crippen LogP) is 4.60. The van der Waals surface area contributed by atoms with E-state index in [1.165, 1.54) is 18.4 Å². The van der Waals surface area contributed by atoms with Crippen LogP contribution in [-0.4, -0.2) is 6.54 Å². The second-order valence-electron chi connectivity index (χ2n) is 5.91. The normalized spacial score (nSPS) is 13.7. The molecule has 1 aromatic carbocycles. The molecule has 0 bridgehead atoms. The van der Waals surface area contributed by atoms with Crippen LogP contribution in [-0.2, 0) is 0 Å². The van der Waals surface area contributed by atoms with Crippen LogP contribution < -0.4 is 5.73 Å². The van der Waals surface area contributed by atoms with E-state index >= 15 is 0 Å². The highest BCUT2D eigenvalue weighted by atomic mass is 35.5. The van der Waals surface area contributed by atoms with Crippen LogP contribution in [0.1, 0.15) is 51.5 Å². The molecule has 1 nitrogen and oxygen atoms in total. The van der Waals surface area contributed by atoms with Crippen LogP contribution in [0, 0.1) is 5.41 Å². The van der Waals surface area contributed by atoms with E-state index in [0.29, 0.717) is 17.9 Å². The summed E-state index contributed by atoms with van der Waals surface area (Å²) < 4.78 is 0. The molecule has 0 aliphatic carbocycles. The number of halogens is 1. The molecule has 2 heteroatoms. The number of hydrogen-bond donors (Lipinski definition) is 1. The fourth-order valence-corrected chi connectivity index (χ4v) is 2.38. The van der Waals surface area contributed by atoms with Crippen LogP contribution in [0.2, 0.25) is 5.02 Å². The molecule has 0 fully saturated rings. The van der Waals surface area contributed by atoms with Crippen LogP contribution in [0.4, 0.5) is 0 Å². The molecule has 0 radical (unpaired) electrons. The van der Waals surface area contributed by atoms with E-state index in [1.54, 1.807) is 0 Å². The monoisotopic (exact) mass is 253 g/mol. The summed E-state index contributed by atoms with van der Waals surface area (Å²) in [5.41, 5.74) is 7.47. The molecular formula is C15H24ClN. The first-order chi connectivity index (χ1) is 7.94. The van der Waals surface area contributed by atoms with Gasteiger partial charge in [0.2, 0.25) is 0 Å². The minimum atomic E-state index is 0.394. The zero-order valence-electron chi connectivity index (χ0n) is 11.2. The van der Waals surface area contributed by atoms with Gasteiger partial charge in [-0.25, -0.2) is 0 Å². The Morgan fingerprint density at radius 1 is 1.24 bits per heavy atom. The summed E-state index contributed by atoms with van der Waals surface area (Å²) in [5.74, 6) is 0.394. The van der Waals surface area contributed by atoms with Gasteiger partial charge in [0, 0.05) is 5.02 Å². The van der Waals surface area contributed by atoms with Crippen molar-refractivity contribution in [1.82, 2.24) is 0 Å². The molecule has 1 rings (SSSR count). The molecule has 0 saturated heterocycles. The summed E-state index contributed by atoms with van der Waals surface area (Å²) in [6.45, 7) is 7.51. The maximum atomic E-state index is 6.21. The summed E-state index contributed by atoms with van der Waals surface area (Å²) in [6, 6.07) is 8.04. The van der Waals surface area contributed by atoms with Crippen LogP contribution in [0.15, 0.2) is 24.3 Å². The van der Waals surface area contributed by atoms with E-state index in [1.807, 2.05) is 18.2 Å². The van der Waals surface area contributed by atoms with E-state index in [4.69, 9.17) is 17.3 Å². The largest absolute Gasteiger partial charge is 0.330 e. The summed E-state index contributed by atoms with van der Waals surface area (Å²) in [5, 5.41) is 0.846. The highest BCUT2D eigenvalue weighted by molar-refractivity contribution is 6.31. The molecule has 0 aliphatic heterocycles. The van der Waals surface area contributed by atoms with Gasteiger partial charge in [0.05, 0.1) is 0 Å². The fourth-order valence-electron chi connectivity index (χ4n) is 2.09. The number of rotatable bonds is 5. The van der Waals surface area contributed by atoms with E-state index < -0.39 is 0 Å². The molecule has 96 valence electrons. The molecule has 0 aromatic heterocycles. The van der Waals surface area contributed by atoms with Crippen LogP contribution in [0.25, 0.3) is 0 Å². The Labute approximate surface area is 110 Å². The number of hydrogen-bond acceptors (Lipinski definition) is 1. The summed E-state index contributed by atoms with van der Waals surface area (Å²) in [7, 11) is 0. The average Bonchev–Trinajstić information content (AvgIpc) is 2.24. The number of benzene rings is 1. The van der Waals surface area contributed by atoms with Crippen molar-refractivity contribution in [3.8, 4) is 0 Å². The lowest BCUT2D eigenvalue weighted by Gasteiger charge is -2.21. The molecule has 1 unspecified atom stereocenters. The van der Waals surface area contributed by atoms with Gasteiger partial charge in [-0.05, 0) is 42.3 Å². The van der Waals surface area contributed by atoms with Gasteiger partial charge in [-0.3, -0.25) is 0 Å². The van der Waals surface area contributed by atoms with Crippen molar-refractivity contribution < 1.29 is 0 Å². The molecule has 0 spiro atoms. The highest BCUT2D eigenvalue weighted by Crippen LogP contribution is 2.30. The van der Waals surface area contributed by atoms with Gasteiger partial charge in [-0.1, -0.05) is 57.0 Å². The van der Waals surface area contributed by atoms with Crippen LogP contribution >= 0.6 is 11.6 Å². The second-order valence-corrected chi connectivity index (χ2v) is 6.31. The Kier molecular flexibility index (Phi) is 5.48. The fraction of sp³-hybridized carbons (Fsp3) is 0.600. The SMILES string of the molecule is CC(C)(C)CCCC(CN)c1ccccc1Cl. The van der Waals surface area contributed by atoms with Crippen molar-refractivity contribution in [3.05, 3.63) is 34.9 Å². The lowest BCUT2D eigenvalue weighted by Crippen LogP contribution is -2.14. The third kappa shape index (κ3) is 5.10. The topological polar surface area (TPSA) is 26.0 Å². The van der Waals surface area contributed by atoms with Gasteiger partial charge in [-0.15, -0.1) is 0 Å². The number of nitrogens with two attached hydrogens (primary N) is 1. The van der Waals surface area contributed by atoms with Crippen molar-refractivity contribution in [3.63, 3.8) is 0 Å². The predicted molar refractivity (Wildman–Crippen MR) is 76.6 cm³/mol. The Morgan fingerprint density at radius 3 is 2.41 bits per heavy atom.